The van der Waals surface area contributed by atoms with E-state index in [4.69, 9.17) is 40.5 Å². The minimum atomic E-state index is -1.83. The van der Waals surface area contributed by atoms with Crippen LogP contribution in [0.2, 0.25) is 0 Å². The van der Waals surface area contributed by atoms with Gasteiger partial charge < -0.3 is 20.4 Å². The molecule has 0 heterocycles. The van der Waals surface area contributed by atoms with Crippen LogP contribution < -0.4 is 0 Å². The van der Waals surface area contributed by atoms with Crippen molar-refractivity contribution in [2.75, 3.05) is 0 Å². The van der Waals surface area contributed by atoms with Crippen molar-refractivity contribution in [3.05, 3.63) is 0 Å². The smallest absolute Gasteiger partial charge is 0.450 e. The van der Waals surface area contributed by atoms with Crippen LogP contribution in [0.15, 0.2) is 0 Å². The zero-order valence-electron chi connectivity index (χ0n) is 14.3. The average molecular weight is 344 g/mol. The Morgan fingerprint density at radius 2 is 1.00 bits per heavy atom. The first kappa shape index (κ1) is 26.4. The molecule has 0 bridgehead atoms. The number of nitriles is 2. The van der Waals surface area contributed by atoms with Gasteiger partial charge in [0.15, 0.2) is 0 Å². The molecule has 0 rings (SSSR count). The van der Waals surface area contributed by atoms with Gasteiger partial charge in [-0.25, -0.2) is 9.59 Å². The monoisotopic (exact) mass is 344 g/mol. The predicted molar refractivity (Wildman–Crippen MR) is 87.8 cm³/mol. The molecule has 0 amide bonds. The van der Waals surface area contributed by atoms with Crippen LogP contribution in [0, 0.1) is 34.5 Å². The summed E-state index contributed by atoms with van der Waals surface area (Å²) >= 11 is 0. The second-order valence-corrected chi connectivity index (χ2v) is 5.45. The van der Waals surface area contributed by atoms with Crippen LogP contribution in [-0.4, -0.2) is 32.7 Å². The van der Waals surface area contributed by atoms with Gasteiger partial charge in [0.1, 0.15) is 0 Å². The lowest BCUT2D eigenvalue weighted by molar-refractivity contribution is 0.135. The van der Waals surface area contributed by atoms with E-state index in [9.17, 15) is 0 Å². The van der Waals surface area contributed by atoms with Gasteiger partial charge in [0, 0.05) is 12.8 Å². The van der Waals surface area contributed by atoms with Crippen LogP contribution >= 0.6 is 0 Å². The summed E-state index contributed by atoms with van der Waals surface area (Å²) in [7, 11) is 0. The molecule has 0 radical (unpaired) electrons. The van der Waals surface area contributed by atoms with Gasteiger partial charge in [0.2, 0.25) is 0 Å². The maximum atomic E-state index is 8.56. The van der Waals surface area contributed by atoms with E-state index < -0.39 is 12.3 Å². The first-order chi connectivity index (χ1) is 11.2. The number of hydrogen-bond acceptors (Lipinski definition) is 4. The Bertz CT molecular complexity index is 354. The number of nitrogens with zero attached hydrogens (tertiary/aromatic N) is 2. The predicted octanol–water partition coefficient (Wildman–Crippen LogP) is 4.87. The molecule has 0 aliphatic rings. The van der Waals surface area contributed by atoms with E-state index in [1.54, 1.807) is 0 Å². The highest BCUT2D eigenvalue weighted by Gasteiger charge is 2.06. The van der Waals surface area contributed by atoms with Crippen molar-refractivity contribution in [3.8, 4) is 12.1 Å². The maximum absolute atomic E-state index is 8.56. The summed E-state index contributed by atoms with van der Waals surface area (Å²) in [6, 6.07) is 4.38. The van der Waals surface area contributed by atoms with E-state index in [1.165, 1.54) is 25.7 Å². The van der Waals surface area contributed by atoms with Crippen molar-refractivity contribution in [2.24, 2.45) is 11.8 Å². The van der Waals surface area contributed by atoms with E-state index in [1.807, 2.05) is 0 Å². The average Bonchev–Trinajstić information content (AvgIpc) is 2.44. The summed E-state index contributed by atoms with van der Waals surface area (Å²) in [6.07, 6.45) is 4.69. The van der Waals surface area contributed by atoms with E-state index in [2.05, 4.69) is 26.0 Å². The largest absolute Gasteiger partial charge is 0.503 e. The zero-order valence-corrected chi connectivity index (χ0v) is 14.3. The van der Waals surface area contributed by atoms with Crippen LogP contribution in [0.4, 0.5) is 9.59 Å². The van der Waals surface area contributed by atoms with Crippen molar-refractivity contribution in [2.45, 2.75) is 65.2 Å². The summed E-state index contributed by atoms with van der Waals surface area (Å²) in [6.45, 7) is 4.55. The van der Waals surface area contributed by atoms with Crippen LogP contribution in [0.25, 0.3) is 0 Å². The number of unbranched alkanes of at least 4 members (excludes halogenated alkanes) is 2. The third kappa shape index (κ3) is 42.7. The molecule has 0 fully saturated rings. The van der Waals surface area contributed by atoms with Gasteiger partial charge >= 0.3 is 12.3 Å². The van der Waals surface area contributed by atoms with E-state index in [0.717, 1.165) is 24.7 Å². The highest BCUT2D eigenvalue weighted by molar-refractivity contribution is 5.53. The molecule has 0 aromatic heterocycles. The lowest BCUT2D eigenvalue weighted by Gasteiger charge is -2.14. The SMILES string of the molecule is CC(CCCC#N)CCC(C)CCCC#N.O=C(O)O.O=C(O)O. The molecular formula is C16H28N2O6. The van der Waals surface area contributed by atoms with Gasteiger partial charge in [-0.2, -0.15) is 10.5 Å². The fourth-order valence-electron chi connectivity index (χ4n) is 1.92. The minimum Gasteiger partial charge on any atom is -0.450 e. The Balaban J connectivity index is -0.000000457. The fraction of sp³-hybridized carbons (Fsp3) is 0.750. The normalized spacial score (nSPS) is 11.2. The van der Waals surface area contributed by atoms with Crippen molar-refractivity contribution in [1.29, 1.82) is 10.5 Å². The highest BCUT2D eigenvalue weighted by atomic mass is 16.6. The molecule has 0 aromatic carbocycles. The third-order valence-electron chi connectivity index (χ3n) is 3.12. The van der Waals surface area contributed by atoms with E-state index in [-0.39, 0.29) is 0 Å². The van der Waals surface area contributed by atoms with Crippen LogP contribution in [0.1, 0.15) is 65.2 Å². The molecule has 138 valence electrons. The lowest BCUT2D eigenvalue weighted by atomic mass is 9.92. The molecule has 2 atom stereocenters. The Hall–Kier alpha value is -2.48. The van der Waals surface area contributed by atoms with Gasteiger partial charge in [-0.1, -0.05) is 26.7 Å². The van der Waals surface area contributed by atoms with Crippen LogP contribution in [0.3, 0.4) is 0 Å². The Labute approximate surface area is 143 Å². The number of carboxylic acid groups (broad SMARTS) is 4. The molecule has 4 N–H and O–H groups in total. The zero-order chi connectivity index (χ0) is 19.4. The topological polar surface area (TPSA) is 163 Å². The van der Waals surface area contributed by atoms with E-state index in [0.29, 0.717) is 12.8 Å². The molecule has 2 unspecified atom stereocenters. The van der Waals surface area contributed by atoms with Gasteiger partial charge in [0.05, 0.1) is 12.1 Å². The molecule has 0 aliphatic carbocycles. The first-order valence-corrected chi connectivity index (χ1v) is 7.74. The van der Waals surface area contributed by atoms with Crippen LogP contribution in [0.5, 0.6) is 0 Å². The molecule has 0 spiro atoms. The second-order valence-electron chi connectivity index (χ2n) is 5.45. The summed E-state index contributed by atoms with van der Waals surface area (Å²) in [5.74, 6) is 1.48. The fourth-order valence-corrected chi connectivity index (χ4v) is 1.92. The van der Waals surface area contributed by atoms with Gasteiger partial charge in [0.25, 0.3) is 0 Å². The Morgan fingerprint density at radius 1 is 0.750 bits per heavy atom. The highest BCUT2D eigenvalue weighted by Crippen LogP contribution is 2.20. The Morgan fingerprint density at radius 3 is 1.21 bits per heavy atom. The summed E-state index contributed by atoms with van der Waals surface area (Å²) < 4.78 is 0. The molecule has 8 heteroatoms. The summed E-state index contributed by atoms with van der Waals surface area (Å²) in [5, 5.41) is 44.8. The molecule has 0 aliphatic heterocycles. The lowest BCUT2D eigenvalue weighted by Crippen LogP contribution is -2.00. The minimum absolute atomic E-state index is 0.696. The van der Waals surface area contributed by atoms with Crippen LogP contribution in [-0.2, 0) is 0 Å². The first-order valence-electron chi connectivity index (χ1n) is 7.74. The third-order valence-corrected chi connectivity index (χ3v) is 3.12. The Kier molecular flexibility index (Phi) is 22.6. The molecule has 0 saturated carbocycles. The number of hydrogen-bond donors (Lipinski definition) is 4. The number of carbonyl (C=O) groups is 2. The van der Waals surface area contributed by atoms with Crippen molar-refractivity contribution < 1.29 is 30.0 Å². The standard InChI is InChI=1S/C14H24N2.2CH2O3/c1-13(7-3-5-11-15)9-10-14(2)8-4-6-12-16;2*2-1(3)4/h13-14H,3-10H2,1-2H3;2*(H2,2,3,4). The maximum Gasteiger partial charge on any atom is 0.503 e. The van der Waals surface area contributed by atoms with E-state index >= 15 is 0 Å². The van der Waals surface area contributed by atoms with Gasteiger partial charge in [-0.05, 0) is 37.5 Å². The van der Waals surface area contributed by atoms with Crippen molar-refractivity contribution in [3.63, 3.8) is 0 Å². The van der Waals surface area contributed by atoms with Gasteiger partial charge in [-0.3, -0.25) is 0 Å². The van der Waals surface area contributed by atoms with Gasteiger partial charge in [-0.15, -0.1) is 0 Å². The molecule has 0 saturated heterocycles. The number of rotatable bonds is 9. The molecular weight excluding hydrogens is 316 g/mol. The second kappa shape index (κ2) is 20.5. The molecule has 0 aromatic rings. The molecule has 8 nitrogen and oxygen atoms in total. The summed E-state index contributed by atoms with van der Waals surface area (Å²) in [4.78, 5) is 17.1. The summed E-state index contributed by atoms with van der Waals surface area (Å²) in [5.41, 5.74) is 0. The quantitative estimate of drug-likeness (QED) is 0.430. The van der Waals surface area contributed by atoms with Crippen molar-refractivity contribution >= 4 is 12.3 Å². The van der Waals surface area contributed by atoms with Crippen molar-refractivity contribution in [1.82, 2.24) is 0 Å². The molecule has 24 heavy (non-hydrogen) atoms.